The van der Waals surface area contributed by atoms with Crippen molar-refractivity contribution >= 4 is 16.8 Å². The Kier molecular flexibility index (Phi) is 1.68. The fourth-order valence-corrected chi connectivity index (χ4v) is 1.71. The minimum Gasteiger partial charge on any atom is -0.508 e. The molecule has 4 nitrogen and oxygen atoms in total. The molecular weight excluding hydrogens is 192 g/mol. The standard InChI is InChI=1S/C11H10N2O2/c14-8-1-2-9-7(5-8)6-10(15-9)11-12-3-4-13-11/h1-2,5-6,14H,3-4H2,(H,12,13). The van der Waals surface area contributed by atoms with Crippen LogP contribution in [0.1, 0.15) is 5.76 Å². The summed E-state index contributed by atoms with van der Waals surface area (Å²) in [7, 11) is 0. The number of nitrogens with one attached hydrogen (secondary N) is 1. The first-order chi connectivity index (χ1) is 7.33. The SMILES string of the molecule is Oc1ccc2oc(C3=NCCN3)cc2c1. The van der Waals surface area contributed by atoms with Crippen molar-refractivity contribution in [3.63, 3.8) is 0 Å². The van der Waals surface area contributed by atoms with Gasteiger partial charge in [-0.15, -0.1) is 0 Å². The Balaban J connectivity index is 2.13. The maximum absolute atomic E-state index is 9.32. The molecule has 4 heteroatoms. The molecule has 3 rings (SSSR count). The molecule has 0 bridgehead atoms. The van der Waals surface area contributed by atoms with Crippen LogP contribution in [-0.2, 0) is 0 Å². The van der Waals surface area contributed by atoms with Crippen LogP contribution in [0.4, 0.5) is 0 Å². The molecule has 0 saturated carbocycles. The molecule has 2 aromatic rings. The fraction of sp³-hybridized carbons (Fsp3) is 0.182. The van der Waals surface area contributed by atoms with Gasteiger partial charge in [0.15, 0.2) is 11.6 Å². The van der Waals surface area contributed by atoms with Gasteiger partial charge in [0.25, 0.3) is 0 Å². The molecule has 1 aromatic carbocycles. The van der Waals surface area contributed by atoms with Crippen LogP contribution in [0.15, 0.2) is 33.7 Å². The van der Waals surface area contributed by atoms with Crippen molar-refractivity contribution in [2.75, 3.05) is 13.1 Å². The third-order valence-electron chi connectivity index (χ3n) is 2.41. The van der Waals surface area contributed by atoms with E-state index in [1.165, 1.54) is 0 Å². The number of phenols is 1. The van der Waals surface area contributed by atoms with E-state index < -0.39 is 0 Å². The highest BCUT2D eigenvalue weighted by Crippen LogP contribution is 2.23. The molecule has 76 valence electrons. The van der Waals surface area contributed by atoms with E-state index in [-0.39, 0.29) is 5.75 Å². The van der Waals surface area contributed by atoms with Crippen molar-refractivity contribution in [3.05, 3.63) is 30.0 Å². The number of aromatic hydroxyl groups is 1. The number of amidine groups is 1. The zero-order valence-corrected chi connectivity index (χ0v) is 8.03. The van der Waals surface area contributed by atoms with E-state index in [0.29, 0.717) is 0 Å². The minimum absolute atomic E-state index is 0.246. The Labute approximate surface area is 86.2 Å². The molecular formula is C11H10N2O2. The number of phenolic OH excluding ortho intramolecular Hbond substituents is 1. The molecule has 0 aliphatic carbocycles. The predicted octanol–water partition coefficient (Wildman–Crippen LogP) is 1.49. The Morgan fingerprint density at radius 1 is 1.33 bits per heavy atom. The molecule has 0 saturated heterocycles. The van der Waals surface area contributed by atoms with Crippen LogP contribution in [0, 0.1) is 0 Å². The highest BCUT2D eigenvalue weighted by atomic mass is 16.3. The molecule has 1 aromatic heterocycles. The van der Waals surface area contributed by atoms with Gasteiger partial charge in [0.2, 0.25) is 0 Å². The lowest BCUT2D eigenvalue weighted by Gasteiger charge is -1.94. The largest absolute Gasteiger partial charge is 0.508 e. The lowest BCUT2D eigenvalue weighted by Crippen LogP contribution is -2.18. The first-order valence-corrected chi connectivity index (χ1v) is 4.84. The van der Waals surface area contributed by atoms with Crippen LogP contribution >= 0.6 is 0 Å². The van der Waals surface area contributed by atoms with Gasteiger partial charge in [-0.2, -0.15) is 0 Å². The quantitative estimate of drug-likeness (QED) is 0.736. The van der Waals surface area contributed by atoms with Crippen LogP contribution in [0.2, 0.25) is 0 Å². The second-order valence-corrected chi connectivity index (χ2v) is 3.49. The first kappa shape index (κ1) is 8.35. The summed E-state index contributed by atoms with van der Waals surface area (Å²) in [5.74, 6) is 1.77. The summed E-state index contributed by atoms with van der Waals surface area (Å²) in [6, 6.07) is 6.92. The van der Waals surface area contributed by atoms with Gasteiger partial charge in [0, 0.05) is 11.9 Å². The Hall–Kier alpha value is -1.97. The highest BCUT2D eigenvalue weighted by molar-refractivity contribution is 6.00. The summed E-state index contributed by atoms with van der Waals surface area (Å²) < 4.78 is 5.60. The van der Waals surface area contributed by atoms with Gasteiger partial charge in [-0.25, -0.2) is 0 Å². The van der Waals surface area contributed by atoms with Crippen molar-refractivity contribution in [1.29, 1.82) is 0 Å². The topological polar surface area (TPSA) is 57.8 Å². The monoisotopic (exact) mass is 202 g/mol. The van der Waals surface area contributed by atoms with E-state index in [1.54, 1.807) is 18.2 Å². The summed E-state index contributed by atoms with van der Waals surface area (Å²) in [6.45, 7) is 1.65. The van der Waals surface area contributed by atoms with Crippen LogP contribution < -0.4 is 5.32 Å². The molecule has 0 fully saturated rings. The zero-order valence-electron chi connectivity index (χ0n) is 8.03. The fourth-order valence-electron chi connectivity index (χ4n) is 1.71. The molecule has 1 aliphatic rings. The molecule has 0 amide bonds. The van der Waals surface area contributed by atoms with Gasteiger partial charge in [-0.1, -0.05) is 0 Å². The third kappa shape index (κ3) is 1.34. The molecule has 0 radical (unpaired) electrons. The summed E-state index contributed by atoms with van der Waals surface area (Å²) in [4.78, 5) is 4.27. The second-order valence-electron chi connectivity index (χ2n) is 3.49. The van der Waals surface area contributed by atoms with Crippen LogP contribution in [-0.4, -0.2) is 24.0 Å². The number of furan rings is 1. The lowest BCUT2D eigenvalue weighted by atomic mass is 10.2. The van der Waals surface area contributed by atoms with Crippen LogP contribution in [0.25, 0.3) is 11.0 Å². The first-order valence-electron chi connectivity index (χ1n) is 4.84. The Morgan fingerprint density at radius 2 is 2.27 bits per heavy atom. The normalized spacial score (nSPS) is 15.3. The van der Waals surface area contributed by atoms with Crippen LogP contribution in [0.5, 0.6) is 5.75 Å². The van der Waals surface area contributed by atoms with Gasteiger partial charge < -0.3 is 14.8 Å². The van der Waals surface area contributed by atoms with Crippen molar-refractivity contribution < 1.29 is 9.52 Å². The molecule has 0 spiro atoms. The predicted molar refractivity (Wildman–Crippen MR) is 57.3 cm³/mol. The van der Waals surface area contributed by atoms with E-state index in [4.69, 9.17) is 4.42 Å². The van der Waals surface area contributed by atoms with E-state index in [1.807, 2.05) is 6.07 Å². The highest BCUT2D eigenvalue weighted by Gasteiger charge is 2.13. The second kappa shape index (κ2) is 3.02. The van der Waals surface area contributed by atoms with Crippen molar-refractivity contribution in [3.8, 4) is 5.75 Å². The maximum Gasteiger partial charge on any atom is 0.170 e. The average Bonchev–Trinajstić information content (AvgIpc) is 2.84. The lowest BCUT2D eigenvalue weighted by molar-refractivity contribution is 0.476. The average molecular weight is 202 g/mol. The van der Waals surface area contributed by atoms with Crippen molar-refractivity contribution in [1.82, 2.24) is 5.32 Å². The van der Waals surface area contributed by atoms with Gasteiger partial charge in [0.05, 0.1) is 6.54 Å². The van der Waals surface area contributed by atoms with E-state index in [0.717, 1.165) is 35.7 Å². The smallest absolute Gasteiger partial charge is 0.170 e. The Bertz CT molecular complexity index is 543. The van der Waals surface area contributed by atoms with E-state index in [9.17, 15) is 5.11 Å². The number of aliphatic imine (C=N–C) groups is 1. The number of nitrogens with zero attached hydrogens (tertiary/aromatic N) is 1. The van der Waals surface area contributed by atoms with Crippen molar-refractivity contribution in [2.45, 2.75) is 0 Å². The van der Waals surface area contributed by atoms with E-state index >= 15 is 0 Å². The van der Waals surface area contributed by atoms with Gasteiger partial charge in [-0.05, 0) is 24.3 Å². The van der Waals surface area contributed by atoms with Gasteiger partial charge in [0.1, 0.15) is 11.3 Å². The number of fused-ring (bicyclic) bond motifs is 1. The zero-order chi connectivity index (χ0) is 10.3. The number of hydrogen-bond donors (Lipinski definition) is 2. The number of benzene rings is 1. The summed E-state index contributed by atoms with van der Waals surface area (Å²) in [6.07, 6.45) is 0. The van der Waals surface area contributed by atoms with E-state index in [2.05, 4.69) is 10.3 Å². The molecule has 15 heavy (non-hydrogen) atoms. The molecule has 1 aliphatic heterocycles. The molecule has 0 unspecified atom stereocenters. The summed E-state index contributed by atoms with van der Waals surface area (Å²) >= 11 is 0. The summed E-state index contributed by atoms with van der Waals surface area (Å²) in [5, 5.41) is 13.3. The van der Waals surface area contributed by atoms with Gasteiger partial charge in [-0.3, -0.25) is 4.99 Å². The van der Waals surface area contributed by atoms with Crippen molar-refractivity contribution in [2.24, 2.45) is 4.99 Å². The molecule has 2 heterocycles. The third-order valence-corrected chi connectivity index (χ3v) is 2.41. The molecule has 0 atom stereocenters. The number of hydrogen-bond acceptors (Lipinski definition) is 4. The summed E-state index contributed by atoms with van der Waals surface area (Å²) in [5.41, 5.74) is 0.763. The number of rotatable bonds is 1. The van der Waals surface area contributed by atoms with Gasteiger partial charge >= 0.3 is 0 Å². The van der Waals surface area contributed by atoms with Crippen LogP contribution in [0.3, 0.4) is 0 Å². The molecule has 2 N–H and O–H groups in total. The maximum atomic E-state index is 9.32. The Morgan fingerprint density at radius 3 is 3.07 bits per heavy atom. The minimum atomic E-state index is 0.246.